The largest absolute Gasteiger partial charge is 0.498 e. The van der Waals surface area contributed by atoms with Gasteiger partial charge in [0.1, 0.15) is 5.76 Å². The Labute approximate surface area is 211 Å². The molecular weight excluding hydrogens is 459 g/mol. The SMILES string of the molecule is COC1=CC(c2ccccc2)C(C2CC2)=CC1(F)CN1CC2(CC(C3CCC(C(=O)O)CC3)=NO2)C1. The molecule has 2 unspecified atom stereocenters. The van der Waals surface area contributed by atoms with Crippen molar-refractivity contribution in [2.45, 2.75) is 62.1 Å². The lowest BCUT2D eigenvalue weighted by Gasteiger charge is -2.48. The molecule has 3 aliphatic carbocycles. The number of carbonyl (C=O) groups is 1. The molecule has 1 aromatic rings. The molecule has 2 heterocycles. The first-order valence-corrected chi connectivity index (χ1v) is 13.3. The second-order valence-electron chi connectivity index (χ2n) is 11.5. The summed E-state index contributed by atoms with van der Waals surface area (Å²) in [5.74, 6) is 0.291. The fourth-order valence-electron chi connectivity index (χ4n) is 6.73. The summed E-state index contributed by atoms with van der Waals surface area (Å²) in [7, 11) is 1.56. The van der Waals surface area contributed by atoms with E-state index in [1.165, 1.54) is 11.1 Å². The van der Waals surface area contributed by atoms with Crippen LogP contribution in [-0.4, -0.2) is 59.7 Å². The number of benzene rings is 1. The summed E-state index contributed by atoms with van der Waals surface area (Å²) in [6.07, 6.45) is 9.95. The molecule has 0 amide bonds. The molecule has 1 aromatic carbocycles. The molecule has 2 saturated carbocycles. The third-order valence-electron chi connectivity index (χ3n) is 8.79. The van der Waals surface area contributed by atoms with Gasteiger partial charge in [0.15, 0.2) is 11.3 Å². The van der Waals surface area contributed by atoms with Gasteiger partial charge < -0.3 is 14.7 Å². The smallest absolute Gasteiger partial charge is 0.306 e. The van der Waals surface area contributed by atoms with Crippen molar-refractivity contribution < 1.29 is 23.9 Å². The van der Waals surface area contributed by atoms with Crippen LogP contribution in [0.5, 0.6) is 0 Å². The van der Waals surface area contributed by atoms with Crippen LogP contribution in [-0.2, 0) is 14.4 Å². The minimum Gasteiger partial charge on any atom is -0.498 e. The molecule has 1 N–H and O–H groups in total. The van der Waals surface area contributed by atoms with Gasteiger partial charge in [0, 0.05) is 37.9 Å². The zero-order chi connectivity index (χ0) is 24.9. The Morgan fingerprint density at radius 1 is 1.14 bits per heavy atom. The topological polar surface area (TPSA) is 71.4 Å². The number of likely N-dealkylation sites (tertiary alicyclic amines) is 1. The van der Waals surface area contributed by atoms with Gasteiger partial charge >= 0.3 is 5.97 Å². The summed E-state index contributed by atoms with van der Waals surface area (Å²) in [6.45, 7) is 1.53. The molecular formula is C29H35FN2O4. The van der Waals surface area contributed by atoms with Crippen molar-refractivity contribution >= 4 is 11.7 Å². The number of ether oxygens (including phenoxy) is 1. The average molecular weight is 495 g/mol. The normalized spacial score (nSPS) is 33.7. The number of alkyl halides is 1. The van der Waals surface area contributed by atoms with Gasteiger partial charge in [0.2, 0.25) is 0 Å². The van der Waals surface area contributed by atoms with Crippen molar-refractivity contribution in [3.63, 3.8) is 0 Å². The van der Waals surface area contributed by atoms with E-state index in [4.69, 9.17) is 9.57 Å². The number of allylic oxidation sites excluding steroid dienone is 2. The molecule has 2 atom stereocenters. The number of carboxylic acids is 1. The van der Waals surface area contributed by atoms with Crippen molar-refractivity contribution in [1.29, 1.82) is 0 Å². The monoisotopic (exact) mass is 494 g/mol. The lowest BCUT2D eigenvalue weighted by atomic mass is 9.76. The fraction of sp³-hybridized carbons (Fsp3) is 0.586. The van der Waals surface area contributed by atoms with Crippen molar-refractivity contribution in [3.05, 3.63) is 59.4 Å². The highest BCUT2D eigenvalue weighted by Crippen LogP contribution is 2.50. The van der Waals surface area contributed by atoms with Gasteiger partial charge in [-0.25, -0.2) is 4.39 Å². The third kappa shape index (κ3) is 4.36. The lowest BCUT2D eigenvalue weighted by Crippen LogP contribution is -2.64. The van der Waals surface area contributed by atoms with Gasteiger partial charge in [-0.3, -0.25) is 9.69 Å². The van der Waals surface area contributed by atoms with Gasteiger partial charge in [-0.2, -0.15) is 0 Å². The first-order chi connectivity index (χ1) is 17.4. The highest BCUT2D eigenvalue weighted by atomic mass is 19.1. The Hall–Kier alpha value is -2.67. The van der Waals surface area contributed by atoms with Crippen molar-refractivity contribution in [2.75, 3.05) is 26.7 Å². The Kier molecular flexibility index (Phi) is 5.94. The maximum atomic E-state index is 16.6. The van der Waals surface area contributed by atoms with E-state index in [0.717, 1.165) is 37.8 Å². The van der Waals surface area contributed by atoms with Gasteiger partial charge in [-0.15, -0.1) is 0 Å². The first-order valence-electron chi connectivity index (χ1n) is 13.3. The van der Waals surface area contributed by atoms with Crippen LogP contribution in [0.1, 0.15) is 56.4 Å². The highest BCUT2D eigenvalue weighted by Gasteiger charge is 2.54. The molecule has 7 heteroatoms. The van der Waals surface area contributed by atoms with Gasteiger partial charge in [-0.05, 0) is 62.2 Å². The molecule has 5 aliphatic rings. The van der Waals surface area contributed by atoms with Crippen LogP contribution in [0.15, 0.2) is 59.0 Å². The summed E-state index contributed by atoms with van der Waals surface area (Å²) >= 11 is 0. The van der Waals surface area contributed by atoms with Crippen LogP contribution in [0.3, 0.4) is 0 Å². The molecule has 1 spiro atoms. The van der Waals surface area contributed by atoms with Crippen LogP contribution >= 0.6 is 0 Å². The summed E-state index contributed by atoms with van der Waals surface area (Å²) in [5, 5.41) is 13.7. The van der Waals surface area contributed by atoms with Crippen LogP contribution in [0, 0.1) is 17.8 Å². The Morgan fingerprint density at radius 3 is 2.47 bits per heavy atom. The molecule has 6 rings (SSSR count). The Balaban J connectivity index is 1.10. The predicted molar refractivity (Wildman–Crippen MR) is 134 cm³/mol. The number of rotatable bonds is 7. The zero-order valence-electron chi connectivity index (χ0n) is 20.9. The number of oxime groups is 1. The van der Waals surface area contributed by atoms with E-state index in [-0.39, 0.29) is 24.0 Å². The van der Waals surface area contributed by atoms with Gasteiger partial charge in [0.05, 0.1) is 18.7 Å². The highest BCUT2D eigenvalue weighted by molar-refractivity contribution is 5.89. The molecule has 1 saturated heterocycles. The van der Waals surface area contributed by atoms with Crippen LogP contribution in [0.2, 0.25) is 0 Å². The molecule has 0 bridgehead atoms. The van der Waals surface area contributed by atoms with E-state index in [9.17, 15) is 9.90 Å². The standard InChI is InChI=1S/C29H35FN2O4/c1-35-26-13-23(19-5-3-2-4-6-19)24(20-7-8-20)14-29(26,30)18-32-16-28(17-32)15-25(31-36-28)21-9-11-22(12-10-21)27(33)34/h2-6,13-14,20-23H,7-12,15-18H2,1H3,(H,33,34). The van der Waals surface area contributed by atoms with Gasteiger partial charge in [-0.1, -0.05) is 41.1 Å². The second-order valence-corrected chi connectivity index (χ2v) is 11.5. The maximum absolute atomic E-state index is 16.6. The van der Waals surface area contributed by atoms with Crippen molar-refractivity contribution in [1.82, 2.24) is 4.90 Å². The molecule has 2 aliphatic heterocycles. The third-order valence-corrected chi connectivity index (χ3v) is 8.79. The van der Waals surface area contributed by atoms with Crippen molar-refractivity contribution in [3.8, 4) is 0 Å². The summed E-state index contributed by atoms with van der Waals surface area (Å²) in [5.41, 5.74) is 1.40. The molecule has 36 heavy (non-hydrogen) atoms. The van der Waals surface area contributed by atoms with E-state index >= 15 is 4.39 Å². The van der Waals surface area contributed by atoms with Gasteiger partial charge in [0.25, 0.3) is 0 Å². The average Bonchev–Trinajstić information content (AvgIpc) is 3.62. The van der Waals surface area contributed by atoms with Crippen molar-refractivity contribution in [2.24, 2.45) is 22.9 Å². The first kappa shape index (κ1) is 23.7. The summed E-state index contributed by atoms with van der Waals surface area (Å²) in [4.78, 5) is 19.3. The number of nitrogens with zero attached hydrogens (tertiary/aromatic N) is 2. The second kappa shape index (κ2) is 9.02. The zero-order valence-corrected chi connectivity index (χ0v) is 20.9. The number of halogens is 1. The fourth-order valence-corrected chi connectivity index (χ4v) is 6.73. The number of carboxylic acid groups (broad SMARTS) is 1. The van der Waals surface area contributed by atoms with Crippen LogP contribution in [0.25, 0.3) is 0 Å². The Morgan fingerprint density at radius 2 is 1.83 bits per heavy atom. The minimum atomic E-state index is -1.66. The Bertz CT molecular complexity index is 1100. The van der Waals surface area contributed by atoms with E-state index in [1.54, 1.807) is 7.11 Å². The maximum Gasteiger partial charge on any atom is 0.306 e. The molecule has 6 nitrogen and oxygen atoms in total. The van der Waals surface area contributed by atoms with E-state index in [2.05, 4.69) is 22.2 Å². The predicted octanol–water partition coefficient (Wildman–Crippen LogP) is 5.08. The molecule has 0 aromatic heterocycles. The molecule has 0 radical (unpaired) electrons. The lowest BCUT2D eigenvalue weighted by molar-refractivity contribution is -0.142. The molecule has 192 valence electrons. The minimum absolute atomic E-state index is 0.0607. The number of hydrogen-bond acceptors (Lipinski definition) is 5. The summed E-state index contributed by atoms with van der Waals surface area (Å²) < 4.78 is 22.2. The molecule has 3 fully saturated rings. The van der Waals surface area contributed by atoms with E-state index < -0.39 is 11.6 Å². The summed E-state index contributed by atoms with van der Waals surface area (Å²) in [6, 6.07) is 10.3. The van der Waals surface area contributed by atoms with E-state index in [1.807, 2.05) is 30.4 Å². The number of aliphatic carboxylic acids is 1. The quantitative estimate of drug-likeness (QED) is 0.535. The van der Waals surface area contributed by atoms with Crippen LogP contribution < -0.4 is 0 Å². The van der Waals surface area contributed by atoms with E-state index in [0.29, 0.717) is 43.5 Å². The number of methoxy groups -OCH3 is 1. The van der Waals surface area contributed by atoms with Crippen LogP contribution in [0.4, 0.5) is 4.39 Å². The number of hydrogen-bond donors (Lipinski definition) is 1.